The van der Waals surface area contributed by atoms with Crippen LogP contribution in [0.3, 0.4) is 0 Å². The number of hydrogen-bond acceptors (Lipinski definition) is 3. The zero-order chi connectivity index (χ0) is 12.6. The maximum atomic E-state index is 12.6. The Hall–Kier alpha value is -0.680. The van der Waals surface area contributed by atoms with Crippen molar-refractivity contribution in [3.63, 3.8) is 0 Å². The molecule has 0 amide bonds. The molecule has 5 heteroatoms. The molecule has 1 aromatic heterocycles. The third kappa shape index (κ3) is 2.18. The molecule has 1 fully saturated rings. The van der Waals surface area contributed by atoms with E-state index in [1.807, 2.05) is 20.8 Å². The lowest BCUT2D eigenvalue weighted by Crippen LogP contribution is -2.45. The Kier molecular flexibility index (Phi) is 3.41. The Morgan fingerprint density at radius 2 is 2.35 bits per heavy atom. The second-order valence-corrected chi connectivity index (χ2v) is 5.93. The molecule has 1 aliphatic rings. The van der Waals surface area contributed by atoms with Gasteiger partial charge in [0.15, 0.2) is 0 Å². The molecule has 0 saturated carbocycles. The number of rotatable bonds is 3. The van der Waals surface area contributed by atoms with E-state index in [0.717, 1.165) is 23.9 Å². The first-order chi connectivity index (χ1) is 7.96. The van der Waals surface area contributed by atoms with Crippen molar-refractivity contribution in [1.29, 1.82) is 0 Å². The van der Waals surface area contributed by atoms with Crippen LogP contribution in [0.5, 0.6) is 0 Å². The lowest BCUT2D eigenvalue weighted by molar-refractivity contribution is 0.0870. The van der Waals surface area contributed by atoms with Crippen molar-refractivity contribution in [2.75, 3.05) is 6.54 Å². The van der Waals surface area contributed by atoms with E-state index in [4.69, 9.17) is 0 Å². The molecule has 1 N–H and O–H groups in total. The highest BCUT2D eigenvalue weighted by molar-refractivity contribution is 9.10. The molecule has 94 valence electrons. The van der Waals surface area contributed by atoms with Gasteiger partial charge in [0.05, 0.1) is 16.2 Å². The van der Waals surface area contributed by atoms with Gasteiger partial charge in [-0.05, 0) is 56.1 Å². The summed E-state index contributed by atoms with van der Waals surface area (Å²) < 4.78 is 2.57. The summed E-state index contributed by atoms with van der Waals surface area (Å²) in [4.78, 5) is 12.6. The SMILES string of the molecule is CC(C)n1ncc(Br)c1C(=O)C1(C)CCCN1. The number of aromatic nitrogens is 2. The van der Waals surface area contributed by atoms with E-state index < -0.39 is 5.54 Å². The third-order valence-corrected chi connectivity index (χ3v) is 3.91. The number of nitrogens with one attached hydrogen (secondary N) is 1. The molecular formula is C12H18BrN3O. The number of carbonyl (C=O) groups excluding carboxylic acids is 1. The summed E-state index contributed by atoms with van der Waals surface area (Å²) in [5.74, 6) is 0.132. The fourth-order valence-electron chi connectivity index (χ4n) is 2.29. The molecular weight excluding hydrogens is 282 g/mol. The summed E-state index contributed by atoms with van der Waals surface area (Å²) in [6.45, 7) is 6.95. The first-order valence-corrected chi connectivity index (χ1v) is 6.78. The molecule has 1 atom stereocenters. The third-order valence-electron chi connectivity index (χ3n) is 3.32. The molecule has 0 bridgehead atoms. The molecule has 0 aromatic carbocycles. The number of carbonyl (C=O) groups is 1. The Balaban J connectivity index is 2.39. The van der Waals surface area contributed by atoms with Crippen molar-refractivity contribution in [1.82, 2.24) is 15.1 Å². The van der Waals surface area contributed by atoms with Gasteiger partial charge in [0.1, 0.15) is 5.69 Å². The Morgan fingerprint density at radius 1 is 1.65 bits per heavy atom. The molecule has 0 spiro atoms. The van der Waals surface area contributed by atoms with Crippen LogP contribution in [0.1, 0.15) is 50.1 Å². The minimum atomic E-state index is -0.435. The van der Waals surface area contributed by atoms with Crippen LogP contribution in [-0.2, 0) is 0 Å². The standard InChI is InChI=1S/C12H18BrN3O/c1-8(2)16-10(9(13)7-15-16)11(17)12(3)5-4-6-14-12/h7-8,14H,4-6H2,1-3H3. The summed E-state index contributed by atoms with van der Waals surface area (Å²) >= 11 is 3.43. The summed E-state index contributed by atoms with van der Waals surface area (Å²) in [5.41, 5.74) is 0.242. The fourth-order valence-corrected chi connectivity index (χ4v) is 2.75. The highest BCUT2D eigenvalue weighted by Crippen LogP contribution is 2.28. The number of ketones is 1. The monoisotopic (exact) mass is 299 g/mol. The molecule has 17 heavy (non-hydrogen) atoms. The smallest absolute Gasteiger partial charge is 0.201 e. The number of hydrogen-bond donors (Lipinski definition) is 1. The van der Waals surface area contributed by atoms with Crippen LogP contribution in [0.15, 0.2) is 10.7 Å². The average Bonchev–Trinajstić information content (AvgIpc) is 2.85. The van der Waals surface area contributed by atoms with Gasteiger partial charge in [-0.3, -0.25) is 9.48 Å². The van der Waals surface area contributed by atoms with Crippen molar-refractivity contribution in [2.45, 2.75) is 45.2 Å². The Bertz CT molecular complexity index is 433. The molecule has 1 saturated heterocycles. The largest absolute Gasteiger partial charge is 0.305 e. The topological polar surface area (TPSA) is 46.9 Å². The minimum Gasteiger partial charge on any atom is -0.305 e. The lowest BCUT2D eigenvalue weighted by Gasteiger charge is -2.24. The van der Waals surface area contributed by atoms with Crippen molar-refractivity contribution >= 4 is 21.7 Å². The summed E-state index contributed by atoms with van der Waals surface area (Å²) in [6.07, 6.45) is 3.64. The van der Waals surface area contributed by atoms with E-state index in [9.17, 15) is 4.79 Å². The molecule has 1 aliphatic heterocycles. The quantitative estimate of drug-likeness (QED) is 0.873. The number of Topliss-reactive ketones (excluding diaryl/α,β-unsaturated/α-hetero) is 1. The Morgan fingerprint density at radius 3 is 2.88 bits per heavy atom. The van der Waals surface area contributed by atoms with E-state index in [0.29, 0.717) is 5.69 Å². The van der Waals surface area contributed by atoms with E-state index >= 15 is 0 Å². The summed E-state index contributed by atoms with van der Waals surface area (Å²) in [7, 11) is 0. The van der Waals surface area contributed by atoms with Gasteiger partial charge in [0.25, 0.3) is 0 Å². The molecule has 1 unspecified atom stereocenters. The van der Waals surface area contributed by atoms with Gasteiger partial charge in [0.2, 0.25) is 5.78 Å². The van der Waals surface area contributed by atoms with Crippen LogP contribution in [0.4, 0.5) is 0 Å². The molecule has 0 aliphatic carbocycles. The van der Waals surface area contributed by atoms with Crippen LogP contribution in [0.25, 0.3) is 0 Å². The van der Waals surface area contributed by atoms with Crippen molar-refractivity contribution in [3.8, 4) is 0 Å². The van der Waals surface area contributed by atoms with Gasteiger partial charge in [-0.1, -0.05) is 0 Å². The van der Waals surface area contributed by atoms with Crippen LogP contribution in [0, 0.1) is 0 Å². The predicted molar refractivity (Wildman–Crippen MR) is 70.3 cm³/mol. The van der Waals surface area contributed by atoms with Crippen LogP contribution in [-0.4, -0.2) is 27.6 Å². The molecule has 2 rings (SSSR count). The van der Waals surface area contributed by atoms with Crippen molar-refractivity contribution in [2.24, 2.45) is 0 Å². The maximum Gasteiger partial charge on any atom is 0.201 e. The van der Waals surface area contributed by atoms with Gasteiger partial charge in [0, 0.05) is 6.04 Å². The fraction of sp³-hybridized carbons (Fsp3) is 0.667. The van der Waals surface area contributed by atoms with E-state index in [2.05, 4.69) is 26.3 Å². The van der Waals surface area contributed by atoms with Crippen LogP contribution >= 0.6 is 15.9 Å². The Labute approximate surface area is 110 Å². The van der Waals surface area contributed by atoms with Crippen molar-refractivity contribution in [3.05, 3.63) is 16.4 Å². The lowest BCUT2D eigenvalue weighted by atomic mass is 9.92. The van der Waals surface area contributed by atoms with Crippen LogP contribution in [0.2, 0.25) is 0 Å². The molecule has 2 heterocycles. The van der Waals surface area contributed by atoms with E-state index in [1.165, 1.54) is 0 Å². The van der Waals surface area contributed by atoms with E-state index in [1.54, 1.807) is 10.9 Å². The van der Waals surface area contributed by atoms with Gasteiger partial charge in [-0.25, -0.2) is 0 Å². The second-order valence-electron chi connectivity index (χ2n) is 5.07. The van der Waals surface area contributed by atoms with Crippen molar-refractivity contribution < 1.29 is 4.79 Å². The van der Waals surface area contributed by atoms with Gasteiger partial charge >= 0.3 is 0 Å². The van der Waals surface area contributed by atoms with E-state index in [-0.39, 0.29) is 11.8 Å². The molecule has 1 aromatic rings. The minimum absolute atomic E-state index is 0.132. The predicted octanol–water partition coefficient (Wildman–Crippen LogP) is 2.55. The maximum absolute atomic E-state index is 12.6. The van der Waals surface area contributed by atoms with Crippen LogP contribution < -0.4 is 5.32 Å². The number of nitrogens with zero attached hydrogens (tertiary/aromatic N) is 2. The first-order valence-electron chi connectivity index (χ1n) is 5.98. The zero-order valence-corrected chi connectivity index (χ0v) is 12.0. The van der Waals surface area contributed by atoms with Gasteiger partial charge in [-0.2, -0.15) is 5.10 Å². The number of halogens is 1. The normalized spacial score (nSPS) is 24.5. The zero-order valence-electron chi connectivity index (χ0n) is 10.5. The highest BCUT2D eigenvalue weighted by Gasteiger charge is 2.39. The molecule has 0 radical (unpaired) electrons. The summed E-state index contributed by atoms with van der Waals surface area (Å²) in [6, 6.07) is 0.185. The van der Waals surface area contributed by atoms with Gasteiger partial charge < -0.3 is 5.32 Å². The van der Waals surface area contributed by atoms with Gasteiger partial charge in [-0.15, -0.1) is 0 Å². The highest BCUT2D eigenvalue weighted by atomic mass is 79.9. The molecule has 4 nitrogen and oxygen atoms in total. The second kappa shape index (κ2) is 4.53. The average molecular weight is 300 g/mol. The first kappa shape index (κ1) is 12.8. The summed E-state index contributed by atoms with van der Waals surface area (Å²) in [5, 5.41) is 7.56.